The molecule has 0 aromatic heterocycles. The Bertz CT molecular complexity index is 203. The first-order valence-electron chi connectivity index (χ1n) is 5.24. The van der Waals surface area contributed by atoms with Crippen molar-refractivity contribution >= 4 is 0 Å². The van der Waals surface area contributed by atoms with E-state index >= 15 is 0 Å². The molecule has 14 heavy (non-hydrogen) atoms. The molecular formula is C9H18N4O. The molecule has 1 aliphatic heterocycles. The maximum Gasteiger partial charge on any atom is 0.0586 e. The van der Waals surface area contributed by atoms with Crippen molar-refractivity contribution in [3.63, 3.8) is 0 Å². The van der Waals surface area contributed by atoms with E-state index in [1.807, 2.05) is 0 Å². The zero-order valence-electron chi connectivity index (χ0n) is 8.47. The van der Waals surface area contributed by atoms with E-state index in [0.717, 1.165) is 25.9 Å². The third-order valence-electron chi connectivity index (χ3n) is 2.73. The number of rotatable bonds is 5. The molecule has 1 N–H and O–H groups in total. The average Bonchev–Trinajstić information content (AvgIpc) is 2.25. The summed E-state index contributed by atoms with van der Waals surface area (Å²) in [6, 6.07) is 0.329. The van der Waals surface area contributed by atoms with Crippen molar-refractivity contribution in [2.24, 2.45) is 5.11 Å². The number of piperidine rings is 1. The van der Waals surface area contributed by atoms with Crippen molar-refractivity contribution in [3.8, 4) is 0 Å². The van der Waals surface area contributed by atoms with Crippen LogP contribution in [0.3, 0.4) is 0 Å². The van der Waals surface area contributed by atoms with Gasteiger partial charge in [0.25, 0.3) is 0 Å². The van der Waals surface area contributed by atoms with E-state index < -0.39 is 0 Å². The summed E-state index contributed by atoms with van der Waals surface area (Å²) >= 11 is 0. The van der Waals surface area contributed by atoms with Crippen LogP contribution >= 0.6 is 0 Å². The summed E-state index contributed by atoms with van der Waals surface area (Å²) in [6.07, 6.45) is 4.43. The minimum absolute atomic E-state index is 0.252. The van der Waals surface area contributed by atoms with E-state index in [4.69, 9.17) is 10.6 Å². The van der Waals surface area contributed by atoms with E-state index in [1.165, 1.54) is 12.8 Å². The van der Waals surface area contributed by atoms with Crippen molar-refractivity contribution in [2.75, 3.05) is 26.2 Å². The maximum absolute atomic E-state index is 9.14. The fourth-order valence-corrected chi connectivity index (χ4v) is 1.95. The zero-order valence-corrected chi connectivity index (χ0v) is 8.47. The Hall–Kier alpha value is -0.770. The summed E-state index contributed by atoms with van der Waals surface area (Å²) in [5, 5.41) is 12.6. The second-order valence-corrected chi connectivity index (χ2v) is 3.68. The van der Waals surface area contributed by atoms with Crippen LogP contribution in [0.25, 0.3) is 10.4 Å². The number of hydrogen-bond acceptors (Lipinski definition) is 3. The molecule has 0 aromatic carbocycles. The number of aliphatic hydroxyl groups is 1. The van der Waals surface area contributed by atoms with Crippen molar-refractivity contribution in [1.82, 2.24) is 4.90 Å². The van der Waals surface area contributed by atoms with Gasteiger partial charge in [-0.1, -0.05) is 11.5 Å². The summed E-state index contributed by atoms with van der Waals surface area (Å²) in [4.78, 5) is 5.02. The summed E-state index contributed by atoms with van der Waals surface area (Å²) in [5.74, 6) is 0. The molecule has 5 heteroatoms. The average molecular weight is 198 g/mol. The van der Waals surface area contributed by atoms with Crippen molar-refractivity contribution in [1.29, 1.82) is 0 Å². The number of aliphatic hydroxyl groups excluding tert-OH is 1. The summed E-state index contributed by atoms with van der Waals surface area (Å²) in [7, 11) is 0. The van der Waals surface area contributed by atoms with Gasteiger partial charge in [0, 0.05) is 17.5 Å². The third-order valence-corrected chi connectivity index (χ3v) is 2.73. The van der Waals surface area contributed by atoms with Gasteiger partial charge < -0.3 is 5.11 Å². The Morgan fingerprint density at radius 2 is 2.36 bits per heavy atom. The van der Waals surface area contributed by atoms with Gasteiger partial charge in [-0.2, -0.15) is 0 Å². The highest BCUT2D eigenvalue weighted by Crippen LogP contribution is 2.16. The Morgan fingerprint density at radius 3 is 3.07 bits per heavy atom. The molecular weight excluding hydrogens is 180 g/mol. The van der Waals surface area contributed by atoms with Crippen LogP contribution in [0.4, 0.5) is 0 Å². The number of azide groups is 1. The lowest BCUT2D eigenvalue weighted by atomic mass is 10.0. The Morgan fingerprint density at radius 1 is 1.50 bits per heavy atom. The molecule has 0 amide bonds. The summed E-state index contributed by atoms with van der Waals surface area (Å²) in [6.45, 7) is 2.82. The molecule has 1 fully saturated rings. The van der Waals surface area contributed by atoms with Gasteiger partial charge >= 0.3 is 0 Å². The minimum atomic E-state index is 0.252. The molecule has 5 nitrogen and oxygen atoms in total. The van der Waals surface area contributed by atoms with E-state index in [-0.39, 0.29) is 6.61 Å². The molecule has 0 spiro atoms. The first-order valence-corrected chi connectivity index (χ1v) is 5.24. The molecule has 1 saturated heterocycles. The monoisotopic (exact) mass is 198 g/mol. The fourth-order valence-electron chi connectivity index (χ4n) is 1.95. The highest BCUT2D eigenvalue weighted by molar-refractivity contribution is 4.76. The first-order chi connectivity index (χ1) is 6.88. The van der Waals surface area contributed by atoms with Crippen LogP contribution < -0.4 is 0 Å². The van der Waals surface area contributed by atoms with E-state index in [1.54, 1.807) is 0 Å². The van der Waals surface area contributed by atoms with Crippen molar-refractivity contribution in [2.45, 2.75) is 31.7 Å². The van der Waals surface area contributed by atoms with Gasteiger partial charge in [0.05, 0.1) is 6.61 Å². The molecule has 0 aliphatic carbocycles. The Kier molecular flexibility index (Phi) is 5.37. The summed E-state index contributed by atoms with van der Waals surface area (Å²) in [5.41, 5.74) is 8.11. The SMILES string of the molecule is [N-]=[N+]=NCCCN1CCCCC1CO. The highest BCUT2D eigenvalue weighted by Gasteiger charge is 2.20. The summed E-state index contributed by atoms with van der Waals surface area (Å²) < 4.78 is 0. The molecule has 1 atom stereocenters. The minimum Gasteiger partial charge on any atom is -0.395 e. The molecule has 0 aromatic rings. The smallest absolute Gasteiger partial charge is 0.0586 e. The molecule has 1 aliphatic rings. The standard InChI is InChI=1S/C9H18N4O/c10-12-11-5-3-7-13-6-2-1-4-9(13)8-14/h9,14H,1-8H2. The second kappa shape index (κ2) is 6.65. The fraction of sp³-hybridized carbons (Fsp3) is 1.00. The topological polar surface area (TPSA) is 72.2 Å². The molecule has 0 saturated carbocycles. The highest BCUT2D eigenvalue weighted by atomic mass is 16.3. The first kappa shape index (κ1) is 11.3. The van der Waals surface area contributed by atoms with Crippen LogP contribution in [-0.4, -0.2) is 42.3 Å². The zero-order chi connectivity index (χ0) is 10.2. The number of hydrogen-bond donors (Lipinski definition) is 1. The molecule has 0 radical (unpaired) electrons. The quantitative estimate of drug-likeness (QED) is 0.315. The normalized spacial score (nSPS) is 23.1. The lowest BCUT2D eigenvalue weighted by molar-refractivity contribution is 0.0898. The van der Waals surface area contributed by atoms with Gasteiger partial charge in [0.2, 0.25) is 0 Å². The van der Waals surface area contributed by atoms with Gasteiger partial charge in [0.1, 0.15) is 0 Å². The number of likely N-dealkylation sites (tertiary alicyclic amines) is 1. The van der Waals surface area contributed by atoms with E-state index in [9.17, 15) is 0 Å². The maximum atomic E-state index is 9.14. The Balaban J connectivity index is 2.22. The number of nitrogens with zero attached hydrogens (tertiary/aromatic N) is 4. The van der Waals surface area contributed by atoms with Crippen LogP contribution in [0.5, 0.6) is 0 Å². The molecule has 1 unspecified atom stereocenters. The third kappa shape index (κ3) is 3.54. The van der Waals surface area contributed by atoms with Crippen LogP contribution in [0, 0.1) is 0 Å². The largest absolute Gasteiger partial charge is 0.395 e. The lowest BCUT2D eigenvalue weighted by Gasteiger charge is -2.34. The van der Waals surface area contributed by atoms with E-state index in [2.05, 4.69) is 14.9 Å². The molecule has 1 heterocycles. The van der Waals surface area contributed by atoms with Gasteiger partial charge in [-0.05, 0) is 37.9 Å². The van der Waals surface area contributed by atoms with Crippen LogP contribution in [0.2, 0.25) is 0 Å². The van der Waals surface area contributed by atoms with Gasteiger partial charge in [-0.15, -0.1) is 0 Å². The lowest BCUT2D eigenvalue weighted by Crippen LogP contribution is -2.42. The second-order valence-electron chi connectivity index (χ2n) is 3.68. The van der Waals surface area contributed by atoms with E-state index in [0.29, 0.717) is 12.6 Å². The van der Waals surface area contributed by atoms with Crippen molar-refractivity contribution in [3.05, 3.63) is 10.4 Å². The Labute approximate surface area is 84.3 Å². The predicted molar refractivity (Wildman–Crippen MR) is 54.9 cm³/mol. The van der Waals surface area contributed by atoms with Crippen molar-refractivity contribution < 1.29 is 5.11 Å². The van der Waals surface area contributed by atoms with Gasteiger partial charge in [-0.25, -0.2) is 0 Å². The van der Waals surface area contributed by atoms with Crippen LogP contribution in [0.15, 0.2) is 5.11 Å². The molecule has 1 rings (SSSR count). The molecule has 0 bridgehead atoms. The predicted octanol–water partition coefficient (Wildman–Crippen LogP) is 1.53. The van der Waals surface area contributed by atoms with Crippen LogP contribution in [-0.2, 0) is 0 Å². The van der Waals surface area contributed by atoms with Gasteiger partial charge in [0.15, 0.2) is 0 Å². The van der Waals surface area contributed by atoms with Crippen LogP contribution in [0.1, 0.15) is 25.7 Å². The van der Waals surface area contributed by atoms with Gasteiger partial charge in [-0.3, -0.25) is 4.90 Å². The molecule has 80 valence electrons.